The second-order valence-corrected chi connectivity index (χ2v) is 22.5. The van der Waals surface area contributed by atoms with Crippen molar-refractivity contribution in [3.05, 3.63) is 0 Å². The van der Waals surface area contributed by atoms with Crippen LogP contribution in [0.1, 0.15) is 54.4 Å². The molecule has 0 aromatic heterocycles. The maximum atomic E-state index is 12.4. The summed E-state index contributed by atoms with van der Waals surface area (Å²) in [5.74, 6) is 1.39. The normalized spacial score (nSPS) is 29.8. The van der Waals surface area contributed by atoms with Gasteiger partial charge in [0.15, 0.2) is 18.1 Å². The van der Waals surface area contributed by atoms with Crippen molar-refractivity contribution in [3.63, 3.8) is 0 Å². The molecule has 0 aliphatic carbocycles. The van der Waals surface area contributed by atoms with Gasteiger partial charge in [-0.05, 0) is 23.2 Å². The van der Waals surface area contributed by atoms with Gasteiger partial charge in [0, 0.05) is 12.8 Å². The predicted octanol–water partition coefficient (Wildman–Crippen LogP) is 4.39. The zero-order valence-electron chi connectivity index (χ0n) is 20.1. The number of thioether (sulfide) groups is 2. The number of carbonyl (C=O) groups is 1. The second kappa shape index (κ2) is 11.6. The first-order valence-electron chi connectivity index (χ1n) is 11.0. The lowest BCUT2D eigenvalue weighted by atomic mass is 9.97. The molecule has 0 aromatic carbocycles. The van der Waals surface area contributed by atoms with Crippen molar-refractivity contribution in [3.8, 4) is 0 Å². The Hall–Kier alpha value is 0.924. The van der Waals surface area contributed by atoms with E-state index < -0.39 is 29.3 Å². The molecule has 2 saturated heterocycles. The minimum atomic E-state index is -1.50. The lowest BCUT2D eigenvalue weighted by molar-refractivity contribution is -0.136. The van der Waals surface area contributed by atoms with Crippen molar-refractivity contribution in [1.82, 2.24) is 5.32 Å². The summed E-state index contributed by atoms with van der Waals surface area (Å²) in [5.41, 5.74) is 0. The molecule has 1 N–H and O–H groups in total. The van der Waals surface area contributed by atoms with Gasteiger partial charge in [0.05, 0.1) is 16.5 Å². The first-order valence-corrected chi connectivity index (χ1v) is 19.1. The van der Waals surface area contributed by atoms with E-state index >= 15 is 0 Å². The number of carbonyl (C=O) groups excluding carboxylic acids is 1. The molecule has 2 rings (SSSR count). The molecule has 180 valence electrons. The highest BCUT2D eigenvalue weighted by molar-refractivity contribution is 8.47. The van der Waals surface area contributed by atoms with Crippen LogP contribution in [0.5, 0.6) is 0 Å². The number of nitrogens with one attached hydrogen (secondary N) is 1. The van der Waals surface area contributed by atoms with Crippen LogP contribution in [0.2, 0.25) is 23.2 Å². The lowest BCUT2D eigenvalue weighted by Gasteiger charge is -2.41. The number of thiocarbonyl (C=S) groups is 1. The van der Waals surface area contributed by atoms with Gasteiger partial charge < -0.3 is 18.7 Å². The minimum absolute atomic E-state index is 0.0349. The Morgan fingerprint density at radius 3 is 2.16 bits per heavy atom. The molecule has 0 radical (unpaired) electrons. The van der Waals surface area contributed by atoms with E-state index in [9.17, 15) is 9.35 Å². The molecular weight excluding hydrogens is 503 g/mol. The molecular formula is C20H39NO4S4Si2. The van der Waals surface area contributed by atoms with Crippen molar-refractivity contribution < 1.29 is 18.2 Å². The van der Waals surface area contributed by atoms with Gasteiger partial charge >= 0.3 is 0 Å². The van der Waals surface area contributed by atoms with Crippen LogP contribution in [-0.4, -0.2) is 60.5 Å². The van der Waals surface area contributed by atoms with E-state index in [0.29, 0.717) is 11.7 Å². The average molecular weight is 542 g/mol. The quantitative estimate of drug-likeness (QED) is 0.161. The molecule has 0 aromatic rings. The van der Waals surface area contributed by atoms with Crippen molar-refractivity contribution in [2.45, 2.75) is 94.5 Å². The number of amides is 1. The van der Waals surface area contributed by atoms with E-state index in [1.54, 1.807) is 23.5 Å². The highest BCUT2D eigenvalue weighted by Crippen LogP contribution is 2.38. The number of hydrogen-bond donors (Lipinski definition) is 1. The molecule has 2 fully saturated rings. The highest BCUT2D eigenvalue weighted by Gasteiger charge is 2.44. The fourth-order valence-electron chi connectivity index (χ4n) is 2.94. The summed E-state index contributed by atoms with van der Waals surface area (Å²) in [7, 11) is -3.01. The van der Waals surface area contributed by atoms with Gasteiger partial charge in [-0.25, -0.2) is 0 Å². The third-order valence-electron chi connectivity index (χ3n) is 6.11. The average Bonchev–Trinajstić information content (AvgIpc) is 3.02. The van der Waals surface area contributed by atoms with Crippen LogP contribution >= 0.6 is 35.7 Å². The smallest absolute Gasteiger partial charge is 0.227 e. The summed E-state index contributed by atoms with van der Waals surface area (Å²) in [6.07, 6.45) is 1.19. The molecule has 0 bridgehead atoms. The Morgan fingerprint density at radius 2 is 1.74 bits per heavy atom. The first kappa shape index (κ1) is 28.2. The van der Waals surface area contributed by atoms with Crippen LogP contribution in [0.15, 0.2) is 0 Å². The topological polar surface area (TPSA) is 70.6 Å². The van der Waals surface area contributed by atoms with Gasteiger partial charge in [-0.1, -0.05) is 88.5 Å². The summed E-state index contributed by atoms with van der Waals surface area (Å²) in [5, 5.41) is 3.57. The van der Waals surface area contributed by atoms with Crippen LogP contribution < -0.4 is 5.32 Å². The molecule has 4 unspecified atom stereocenters. The number of rotatable bonds is 8. The van der Waals surface area contributed by atoms with Crippen molar-refractivity contribution in [2.75, 3.05) is 11.5 Å². The Kier molecular flexibility index (Phi) is 10.5. The van der Waals surface area contributed by atoms with E-state index in [2.05, 4.69) is 60.0 Å². The highest BCUT2D eigenvalue weighted by atomic mass is 32.2. The summed E-state index contributed by atoms with van der Waals surface area (Å²) in [6, 6.07) is 0. The van der Waals surface area contributed by atoms with Gasteiger partial charge in [0.1, 0.15) is 21.3 Å². The molecule has 0 spiro atoms. The maximum Gasteiger partial charge on any atom is 0.227 e. The van der Waals surface area contributed by atoms with Gasteiger partial charge in [-0.2, -0.15) is 0 Å². The third kappa shape index (κ3) is 8.90. The van der Waals surface area contributed by atoms with Crippen molar-refractivity contribution >= 4 is 74.4 Å². The molecule has 2 aliphatic heterocycles. The van der Waals surface area contributed by atoms with Crippen LogP contribution in [0.25, 0.3) is 0 Å². The molecule has 6 atom stereocenters. The van der Waals surface area contributed by atoms with E-state index in [0.717, 1.165) is 21.5 Å². The number of hydrogen-bond acceptors (Lipinski definition) is 7. The standard InChI is InChI=1S/C20H39NO4S4Si2/c1-19(2,3)30(7)24-15(25-31(8)20(4,5)6)11-14-16(22)21-17(14)28-18(26)27-13-9-10-29(23)12-13/h13-15,17,30-31H,9-12H2,1-8H3,(H,21,22)/t13?,14-,15?,17+,29?,30?,31?/m0/s1. The fraction of sp³-hybridized carbons (Fsp3) is 0.900. The zero-order chi connectivity index (χ0) is 23.6. The minimum Gasteiger partial charge on any atom is -0.616 e. The molecule has 2 heterocycles. The first-order chi connectivity index (χ1) is 14.2. The summed E-state index contributed by atoms with van der Waals surface area (Å²) in [6.45, 7) is 17.7. The summed E-state index contributed by atoms with van der Waals surface area (Å²) < 4.78 is 25.5. The Labute approximate surface area is 209 Å². The number of β-lactam (4-membered cyclic amide) rings is 1. The van der Waals surface area contributed by atoms with Crippen LogP contribution in [0, 0.1) is 5.92 Å². The van der Waals surface area contributed by atoms with E-state index in [1.165, 1.54) is 0 Å². The Bertz CT molecular complexity index is 622. The Balaban J connectivity index is 1.98. The molecule has 31 heavy (non-hydrogen) atoms. The lowest BCUT2D eigenvalue weighted by Crippen LogP contribution is -2.58. The van der Waals surface area contributed by atoms with Gasteiger partial charge in [-0.3, -0.25) is 4.79 Å². The second-order valence-electron chi connectivity index (χ2n) is 10.7. The maximum absolute atomic E-state index is 12.4. The molecule has 2 aliphatic rings. The van der Waals surface area contributed by atoms with Gasteiger partial charge in [-0.15, -0.1) is 0 Å². The van der Waals surface area contributed by atoms with Crippen molar-refractivity contribution in [1.29, 1.82) is 0 Å². The molecule has 1 amide bonds. The molecule has 11 heteroatoms. The van der Waals surface area contributed by atoms with E-state index in [-0.39, 0.29) is 33.6 Å². The van der Waals surface area contributed by atoms with E-state index in [1.807, 2.05) is 0 Å². The fourth-order valence-corrected chi connectivity index (χ4v) is 10.3. The van der Waals surface area contributed by atoms with E-state index in [4.69, 9.17) is 21.1 Å². The summed E-state index contributed by atoms with van der Waals surface area (Å²) in [4.78, 5) is 12.4. The molecule has 0 saturated carbocycles. The predicted molar refractivity (Wildman–Crippen MR) is 146 cm³/mol. The SMILES string of the molecule is C[SiH](OC(C[C@H]1C(=O)N[C@@H]1SC(=S)SC1CC[S+]([O-])C1)O[SiH](C)C(C)(C)C)C(C)(C)C. The van der Waals surface area contributed by atoms with Crippen LogP contribution in [0.4, 0.5) is 0 Å². The summed E-state index contributed by atoms with van der Waals surface area (Å²) >= 11 is 8.07. The monoisotopic (exact) mass is 541 g/mol. The van der Waals surface area contributed by atoms with Gasteiger partial charge in [0.25, 0.3) is 0 Å². The largest absolute Gasteiger partial charge is 0.616 e. The van der Waals surface area contributed by atoms with Crippen molar-refractivity contribution in [2.24, 2.45) is 5.92 Å². The van der Waals surface area contributed by atoms with Crippen LogP contribution in [0.3, 0.4) is 0 Å². The molecule has 5 nitrogen and oxygen atoms in total. The Morgan fingerprint density at radius 1 is 1.19 bits per heavy atom. The zero-order valence-corrected chi connectivity index (χ0v) is 25.6. The third-order valence-corrected chi connectivity index (χ3v) is 17.1. The van der Waals surface area contributed by atoms with Crippen LogP contribution in [-0.2, 0) is 24.8 Å². The van der Waals surface area contributed by atoms with Gasteiger partial charge in [0.2, 0.25) is 5.91 Å².